The van der Waals surface area contributed by atoms with Gasteiger partial charge in [0.1, 0.15) is 5.75 Å². The highest BCUT2D eigenvalue weighted by Crippen LogP contribution is 2.34. The van der Waals surface area contributed by atoms with E-state index in [0.29, 0.717) is 0 Å². The third-order valence-electron chi connectivity index (χ3n) is 3.56. The minimum atomic E-state index is -0.0809. The molecular formula is C17H23N3O. The summed E-state index contributed by atoms with van der Waals surface area (Å²) < 4.78 is 5.48. The normalized spacial score (nSPS) is 12.0. The molecule has 4 nitrogen and oxygen atoms in total. The van der Waals surface area contributed by atoms with Gasteiger partial charge in [0.25, 0.3) is 0 Å². The van der Waals surface area contributed by atoms with Crippen molar-refractivity contribution < 1.29 is 4.74 Å². The van der Waals surface area contributed by atoms with Crippen LogP contribution in [-0.2, 0) is 6.54 Å². The first-order valence-electron chi connectivity index (χ1n) is 7.23. The van der Waals surface area contributed by atoms with Gasteiger partial charge in [-0.2, -0.15) is 0 Å². The molecule has 0 amide bonds. The number of aromatic nitrogens is 1. The van der Waals surface area contributed by atoms with Gasteiger partial charge in [-0.3, -0.25) is 4.98 Å². The molecule has 0 spiro atoms. The summed E-state index contributed by atoms with van der Waals surface area (Å²) in [5, 5.41) is 0. The van der Waals surface area contributed by atoms with Crippen molar-refractivity contribution >= 4 is 5.69 Å². The Labute approximate surface area is 126 Å². The van der Waals surface area contributed by atoms with Gasteiger partial charge in [-0.25, -0.2) is 0 Å². The van der Waals surface area contributed by atoms with Crippen molar-refractivity contribution in [3.8, 4) is 5.75 Å². The number of benzene rings is 1. The number of nitrogens with two attached hydrogens (primary N) is 1. The molecule has 0 aliphatic heterocycles. The van der Waals surface area contributed by atoms with Crippen LogP contribution in [0.3, 0.4) is 0 Å². The highest BCUT2D eigenvalue weighted by molar-refractivity contribution is 5.61. The molecule has 112 valence electrons. The van der Waals surface area contributed by atoms with Crippen LogP contribution in [0.25, 0.3) is 0 Å². The second-order valence-corrected chi connectivity index (χ2v) is 5.05. The predicted molar refractivity (Wildman–Crippen MR) is 86.6 cm³/mol. The van der Waals surface area contributed by atoms with Crippen molar-refractivity contribution in [3.63, 3.8) is 0 Å². The molecule has 0 saturated carbocycles. The summed E-state index contributed by atoms with van der Waals surface area (Å²) in [5.41, 5.74) is 9.57. The molecule has 0 aliphatic rings. The number of rotatable bonds is 6. The van der Waals surface area contributed by atoms with E-state index in [-0.39, 0.29) is 6.04 Å². The highest BCUT2D eigenvalue weighted by atomic mass is 16.5. The molecule has 0 bridgehead atoms. The summed E-state index contributed by atoms with van der Waals surface area (Å²) in [6.45, 7) is 5.86. The molecule has 1 aromatic carbocycles. The summed E-state index contributed by atoms with van der Waals surface area (Å²) in [4.78, 5) is 6.37. The van der Waals surface area contributed by atoms with Gasteiger partial charge in [0.2, 0.25) is 0 Å². The molecule has 2 rings (SSSR count). The Balaban J connectivity index is 2.38. The van der Waals surface area contributed by atoms with Crippen molar-refractivity contribution in [2.75, 3.05) is 18.6 Å². The Bertz CT molecular complexity index is 570. The topological polar surface area (TPSA) is 51.4 Å². The van der Waals surface area contributed by atoms with Crippen LogP contribution in [0.15, 0.2) is 42.7 Å². The lowest BCUT2D eigenvalue weighted by molar-refractivity contribution is 0.407. The lowest BCUT2D eigenvalue weighted by atomic mass is 10.0. The Morgan fingerprint density at radius 2 is 1.95 bits per heavy atom. The molecular weight excluding hydrogens is 262 g/mol. The first-order valence-corrected chi connectivity index (χ1v) is 7.23. The Morgan fingerprint density at radius 3 is 2.52 bits per heavy atom. The van der Waals surface area contributed by atoms with Gasteiger partial charge in [0.15, 0.2) is 0 Å². The quantitative estimate of drug-likeness (QED) is 0.886. The number of hydrogen-bond acceptors (Lipinski definition) is 4. The van der Waals surface area contributed by atoms with Crippen LogP contribution in [0.1, 0.15) is 31.0 Å². The number of anilines is 1. The van der Waals surface area contributed by atoms with E-state index in [9.17, 15) is 0 Å². The van der Waals surface area contributed by atoms with E-state index in [1.165, 1.54) is 5.56 Å². The van der Waals surface area contributed by atoms with Crippen LogP contribution in [0, 0.1) is 0 Å². The maximum absolute atomic E-state index is 6.16. The fourth-order valence-corrected chi connectivity index (χ4v) is 2.52. The van der Waals surface area contributed by atoms with Gasteiger partial charge >= 0.3 is 0 Å². The van der Waals surface area contributed by atoms with Gasteiger partial charge in [0.05, 0.1) is 7.11 Å². The lowest BCUT2D eigenvalue weighted by Gasteiger charge is -2.28. The molecule has 0 saturated heterocycles. The highest BCUT2D eigenvalue weighted by Gasteiger charge is 2.17. The zero-order valence-corrected chi connectivity index (χ0v) is 12.9. The van der Waals surface area contributed by atoms with Gasteiger partial charge in [-0.15, -0.1) is 0 Å². The fraction of sp³-hybridized carbons (Fsp3) is 0.353. The zero-order chi connectivity index (χ0) is 15.2. The number of ether oxygens (including phenoxy) is 1. The van der Waals surface area contributed by atoms with E-state index in [1.54, 1.807) is 7.11 Å². The molecule has 1 heterocycles. The summed E-state index contributed by atoms with van der Waals surface area (Å²) in [5.74, 6) is 0.843. The largest absolute Gasteiger partial charge is 0.496 e. The maximum atomic E-state index is 6.16. The molecule has 0 unspecified atom stereocenters. The first-order chi connectivity index (χ1) is 10.2. The molecule has 2 aromatic rings. The smallest absolute Gasteiger partial charge is 0.125 e. The van der Waals surface area contributed by atoms with Crippen molar-refractivity contribution in [1.82, 2.24) is 4.98 Å². The van der Waals surface area contributed by atoms with Crippen LogP contribution < -0.4 is 15.4 Å². The molecule has 0 aliphatic carbocycles. The van der Waals surface area contributed by atoms with E-state index in [2.05, 4.69) is 22.9 Å². The van der Waals surface area contributed by atoms with E-state index in [1.807, 2.05) is 43.6 Å². The van der Waals surface area contributed by atoms with E-state index in [4.69, 9.17) is 10.5 Å². The summed E-state index contributed by atoms with van der Waals surface area (Å²) in [7, 11) is 1.68. The standard InChI is InChI=1S/C17H23N3O/c1-4-20(12-14-8-10-19-11-9-14)15-6-5-7-16(21-3)17(15)13(2)18/h5-11,13H,4,12,18H2,1-3H3/t13-/m1/s1. The molecule has 4 heteroatoms. The Morgan fingerprint density at radius 1 is 1.24 bits per heavy atom. The Kier molecular flexibility index (Phi) is 5.17. The van der Waals surface area contributed by atoms with E-state index in [0.717, 1.165) is 30.1 Å². The molecule has 21 heavy (non-hydrogen) atoms. The average Bonchev–Trinajstić information content (AvgIpc) is 2.52. The van der Waals surface area contributed by atoms with Crippen LogP contribution >= 0.6 is 0 Å². The molecule has 2 N–H and O–H groups in total. The number of hydrogen-bond donors (Lipinski definition) is 1. The van der Waals surface area contributed by atoms with Gasteiger partial charge in [-0.1, -0.05) is 6.07 Å². The molecule has 0 fully saturated rings. The van der Waals surface area contributed by atoms with Crippen molar-refractivity contribution in [1.29, 1.82) is 0 Å². The molecule has 1 atom stereocenters. The van der Waals surface area contributed by atoms with Crippen molar-refractivity contribution in [2.24, 2.45) is 5.73 Å². The predicted octanol–water partition coefficient (Wildman–Crippen LogP) is 3.14. The van der Waals surface area contributed by atoms with Gasteiger partial charge < -0.3 is 15.4 Å². The molecule has 0 radical (unpaired) electrons. The van der Waals surface area contributed by atoms with Crippen molar-refractivity contribution in [3.05, 3.63) is 53.9 Å². The van der Waals surface area contributed by atoms with E-state index >= 15 is 0 Å². The van der Waals surface area contributed by atoms with Gasteiger partial charge in [0, 0.05) is 42.8 Å². The lowest BCUT2D eigenvalue weighted by Crippen LogP contribution is -2.25. The summed E-state index contributed by atoms with van der Waals surface area (Å²) >= 11 is 0. The fourth-order valence-electron chi connectivity index (χ4n) is 2.52. The first kappa shape index (κ1) is 15.3. The van der Waals surface area contributed by atoms with Crippen LogP contribution in [-0.4, -0.2) is 18.6 Å². The number of pyridine rings is 1. The zero-order valence-electron chi connectivity index (χ0n) is 12.9. The number of nitrogens with zero attached hydrogens (tertiary/aromatic N) is 2. The SMILES string of the molecule is CCN(Cc1ccncc1)c1cccc(OC)c1[C@@H](C)N. The summed E-state index contributed by atoms with van der Waals surface area (Å²) in [6.07, 6.45) is 3.64. The summed E-state index contributed by atoms with van der Waals surface area (Å²) in [6, 6.07) is 10.1. The van der Waals surface area contributed by atoms with Gasteiger partial charge in [-0.05, 0) is 43.7 Å². The van der Waals surface area contributed by atoms with Crippen molar-refractivity contribution in [2.45, 2.75) is 26.4 Å². The van der Waals surface area contributed by atoms with Crippen LogP contribution in [0.5, 0.6) is 5.75 Å². The number of methoxy groups -OCH3 is 1. The van der Waals surface area contributed by atoms with E-state index < -0.39 is 0 Å². The third kappa shape index (κ3) is 3.52. The second-order valence-electron chi connectivity index (χ2n) is 5.05. The second kappa shape index (κ2) is 7.09. The molecule has 1 aromatic heterocycles. The van der Waals surface area contributed by atoms with Crippen LogP contribution in [0.2, 0.25) is 0 Å². The maximum Gasteiger partial charge on any atom is 0.125 e. The average molecular weight is 285 g/mol. The third-order valence-corrected chi connectivity index (χ3v) is 3.56. The minimum Gasteiger partial charge on any atom is -0.496 e. The monoisotopic (exact) mass is 285 g/mol. The Hall–Kier alpha value is -2.07. The van der Waals surface area contributed by atoms with Crippen LogP contribution in [0.4, 0.5) is 5.69 Å². The minimum absolute atomic E-state index is 0.0809.